The first-order valence-corrected chi connectivity index (χ1v) is 8.84. The SMILES string of the molecule is Cc1cc(NCC(O)c2cccc(O)c2)n2nc(-c3cccc(F)c3)cc2n1. The number of aromatic nitrogens is 3. The Bertz CT molecular complexity index is 1140. The predicted octanol–water partition coefficient (Wildman–Crippen LogP) is 3.69. The zero-order valence-corrected chi connectivity index (χ0v) is 15.2. The van der Waals surface area contributed by atoms with Crippen molar-refractivity contribution in [2.75, 3.05) is 11.9 Å². The highest BCUT2D eigenvalue weighted by molar-refractivity contribution is 5.65. The fourth-order valence-corrected chi connectivity index (χ4v) is 3.07. The van der Waals surface area contributed by atoms with Crippen molar-refractivity contribution >= 4 is 11.5 Å². The maximum atomic E-state index is 13.5. The molecule has 7 heteroatoms. The minimum atomic E-state index is -0.811. The molecule has 1 atom stereocenters. The number of phenolic OH excluding ortho intramolecular Hbond substituents is 1. The molecule has 4 rings (SSSR count). The van der Waals surface area contributed by atoms with Gasteiger partial charge in [-0.25, -0.2) is 9.37 Å². The molecule has 2 heterocycles. The first-order chi connectivity index (χ1) is 13.5. The number of nitrogens with one attached hydrogen (secondary N) is 1. The van der Waals surface area contributed by atoms with E-state index in [-0.39, 0.29) is 18.1 Å². The molecule has 0 amide bonds. The first kappa shape index (κ1) is 17.9. The van der Waals surface area contributed by atoms with E-state index in [9.17, 15) is 14.6 Å². The number of hydrogen-bond acceptors (Lipinski definition) is 5. The molecule has 28 heavy (non-hydrogen) atoms. The summed E-state index contributed by atoms with van der Waals surface area (Å²) in [5.74, 6) is 0.432. The quantitative estimate of drug-likeness (QED) is 0.493. The summed E-state index contributed by atoms with van der Waals surface area (Å²) in [6.45, 7) is 2.09. The minimum Gasteiger partial charge on any atom is -0.508 e. The van der Waals surface area contributed by atoms with Crippen LogP contribution in [0.3, 0.4) is 0 Å². The molecule has 4 aromatic rings. The van der Waals surface area contributed by atoms with Crippen LogP contribution in [0.2, 0.25) is 0 Å². The van der Waals surface area contributed by atoms with Gasteiger partial charge in [0.15, 0.2) is 5.65 Å². The standard InChI is InChI=1S/C21H19FN4O2/c1-13-8-20(23-12-19(28)15-5-3-7-17(27)10-15)26-21(24-13)11-18(25-26)14-4-2-6-16(22)9-14/h2-11,19,23,27-28H,12H2,1H3. The third kappa shape index (κ3) is 3.65. The van der Waals surface area contributed by atoms with Crippen molar-refractivity contribution in [2.45, 2.75) is 13.0 Å². The molecule has 0 saturated carbocycles. The van der Waals surface area contributed by atoms with Crippen LogP contribution in [-0.2, 0) is 0 Å². The van der Waals surface area contributed by atoms with Gasteiger partial charge in [0, 0.05) is 29.9 Å². The topological polar surface area (TPSA) is 82.7 Å². The molecule has 0 bridgehead atoms. The van der Waals surface area contributed by atoms with Crippen LogP contribution in [0.5, 0.6) is 5.75 Å². The van der Waals surface area contributed by atoms with Crippen molar-refractivity contribution in [2.24, 2.45) is 0 Å². The van der Waals surface area contributed by atoms with Gasteiger partial charge in [-0.2, -0.15) is 9.61 Å². The number of phenols is 1. The van der Waals surface area contributed by atoms with Gasteiger partial charge < -0.3 is 15.5 Å². The van der Waals surface area contributed by atoms with Gasteiger partial charge in [-0.15, -0.1) is 0 Å². The maximum Gasteiger partial charge on any atom is 0.158 e. The number of hydrogen-bond donors (Lipinski definition) is 3. The fourth-order valence-electron chi connectivity index (χ4n) is 3.07. The summed E-state index contributed by atoms with van der Waals surface area (Å²) in [6, 6.07) is 16.4. The van der Waals surface area contributed by atoms with E-state index in [2.05, 4.69) is 15.4 Å². The van der Waals surface area contributed by atoms with Crippen LogP contribution in [0.4, 0.5) is 10.2 Å². The summed E-state index contributed by atoms with van der Waals surface area (Å²) in [4.78, 5) is 4.47. The second-order valence-electron chi connectivity index (χ2n) is 6.58. The van der Waals surface area contributed by atoms with Crippen LogP contribution in [-0.4, -0.2) is 31.4 Å². The molecular formula is C21H19FN4O2. The van der Waals surface area contributed by atoms with E-state index in [0.717, 1.165) is 5.69 Å². The average Bonchev–Trinajstić information content (AvgIpc) is 3.10. The molecule has 0 fully saturated rings. The number of rotatable bonds is 5. The zero-order valence-electron chi connectivity index (χ0n) is 15.2. The van der Waals surface area contributed by atoms with Crippen molar-refractivity contribution in [3.05, 3.63) is 77.7 Å². The van der Waals surface area contributed by atoms with E-state index < -0.39 is 6.10 Å². The lowest BCUT2D eigenvalue weighted by molar-refractivity contribution is 0.191. The van der Waals surface area contributed by atoms with Crippen LogP contribution >= 0.6 is 0 Å². The van der Waals surface area contributed by atoms with Gasteiger partial charge >= 0.3 is 0 Å². The van der Waals surface area contributed by atoms with E-state index in [1.165, 1.54) is 18.2 Å². The van der Waals surface area contributed by atoms with Crippen LogP contribution in [0.25, 0.3) is 16.9 Å². The molecule has 0 saturated heterocycles. The fraction of sp³-hybridized carbons (Fsp3) is 0.143. The van der Waals surface area contributed by atoms with E-state index in [1.54, 1.807) is 40.9 Å². The lowest BCUT2D eigenvalue weighted by Crippen LogP contribution is -2.15. The number of fused-ring (bicyclic) bond motifs is 1. The molecule has 1 unspecified atom stereocenters. The molecule has 0 aliphatic carbocycles. The monoisotopic (exact) mass is 378 g/mol. The molecule has 3 N–H and O–H groups in total. The number of halogens is 1. The second kappa shape index (κ2) is 7.28. The maximum absolute atomic E-state index is 13.5. The van der Waals surface area contributed by atoms with Crippen LogP contribution in [0.1, 0.15) is 17.4 Å². The summed E-state index contributed by atoms with van der Waals surface area (Å²) in [6.07, 6.45) is -0.811. The first-order valence-electron chi connectivity index (χ1n) is 8.84. The number of aliphatic hydroxyl groups is 1. The van der Waals surface area contributed by atoms with Gasteiger partial charge in [-0.05, 0) is 36.8 Å². The lowest BCUT2D eigenvalue weighted by Gasteiger charge is -2.14. The van der Waals surface area contributed by atoms with Crippen LogP contribution < -0.4 is 5.32 Å². The minimum absolute atomic E-state index is 0.102. The van der Waals surface area contributed by atoms with Gasteiger partial charge in [0.05, 0.1) is 11.8 Å². The van der Waals surface area contributed by atoms with Crippen molar-refractivity contribution < 1.29 is 14.6 Å². The second-order valence-corrected chi connectivity index (χ2v) is 6.58. The van der Waals surface area contributed by atoms with E-state index in [0.29, 0.717) is 28.3 Å². The number of aryl methyl sites for hydroxylation is 1. The molecule has 2 aromatic heterocycles. The van der Waals surface area contributed by atoms with Crippen LogP contribution in [0, 0.1) is 12.7 Å². The Balaban J connectivity index is 1.63. The number of benzene rings is 2. The van der Waals surface area contributed by atoms with Crippen LogP contribution in [0.15, 0.2) is 60.7 Å². The average molecular weight is 378 g/mol. The van der Waals surface area contributed by atoms with Crippen molar-refractivity contribution in [1.29, 1.82) is 0 Å². The number of aliphatic hydroxyl groups excluding tert-OH is 1. The zero-order chi connectivity index (χ0) is 19.7. The largest absolute Gasteiger partial charge is 0.508 e. The smallest absolute Gasteiger partial charge is 0.158 e. The summed E-state index contributed by atoms with van der Waals surface area (Å²) in [5.41, 5.74) is 3.28. The molecule has 0 radical (unpaired) electrons. The Morgan fingerprint density at radius 3 is 2.71 bits per heavy atom. The summed E-state index contributed by atoms with van der Waals surface area (Å²) >= 11 is 0. The van der Waals surface area contributed by atoms with Gasteiger partial charge in [-0.3, -0.25) is 0 Å². The highest BCUT2D eigenvalue weighted by Gasteiger charge is 2.13. The third-order valence-electron chi connectivity index (χ3n) is 4.41. The molecule has 6 nitrogen and oxygen atoms in total. The Hall–Kier alpha value is -3.45. The predicted molar refractivity (Wildman–Crippen MR) is 105 cm³/mol. The highest BCUT2D eigenvalue weighted by Crippen LogP contribution is 2.23. The van der Waals surface area contributed by atoms with E-state index >= 15 is 0 Å². The normalized spacial score (nSPS) is 12.2. The van der Waals surface area contributed by atoms with Gasteiger partial charge in [-0.1, -0.05) is 24.3 Å². The summed E-state index contributed by atoms with van der Waals surface area (Å²) < 4.78 is 15.2. The lowest BCUT2D eigenvalue weighted by atomic mass is 10.1. The Kier molecular flexibility index (Phi) is 4.67. The molecule has 0 aliphatic heterocycles. The molecule has 0 spiro atoms. The van der Waals surface area contributed by atoms with E-state index in [4.69, 9.17) is 0 Å². The number of nitrogens with zero attached hydrogens (tertiary/aromatic N) is 3. The summed E-state index contributed by atoms with van der Waals surface area (Å²) in [5, 5.41) is 27.7. The van der Waals surface area contributed by atoms with Gasteiger partial charge in [0.1, 0.15) is 17.4 Å². The Morgan fingerprint density at radius 1 is 1.11 bits per heavy atom. The third-order valence-corrected chi connectivity index (χ3v) is 4.41. The number of anilines is 1. The Morgan fingerprint density at radius 2 is 1.93 bits per heavy atom. The Labute approximate surface area is 160 Å². The molecule has 142 valence electrons. The van der Waals surface area contributed by atoms with Gasteiger partial charge in [0.25, 0.3) is 0 Å². The van der Waals surface area contributed by atoms with E-state index in [1.807, 2.05) is 13.0 Å². The molecule has 0 aliphatic rings. The highest BCUT2D eigenvalue weighted by atomic mass is 19.1. The van der Waals surface area contributed by atoms with Crippen molar-refractivity contribution in [3.63, 3.8) is 0 Å². The summed E-state index contributed by atoms with van der Waals surface area (Å²) in [7, 11) is 0. The van der Waals surface area contributed by atoms with Gasteiger partial charge in [0.2, 0.25) is 0 Å². The van der Waals surface area contributed by atoms with Crippen molar-refractivity contribution in [3.8, 4) is 17.0 Å². The molecule has 2 aromatic carbocycles. The van der Waals surface area contributed by atoms with Crippen molar-refractivity contribution in [1.82, 2.24) is 14.6 Å². The molecular weight excluding hydrogens is 359 g/mol. The number of aromatic hydroxyl groups is 1.